The topological polar surface area (TPSA) is 34.9 Å². The van der Waals surface area contributed by atoms with Gasteiger partial charge in [-0.15, -0.1) is 0 Å². The van der Waals surface area contributed by atoms with Gasteiger partial charge in [0, 0.05) is 10.0 Å². The number of nitrogens with zero attached hydrogens (tertiary/aromatic N) is 2. The number of hydrogen-bond acceptors (Lipinski definition) is 2. The first-order chi connectivity index (χ1) is 9.24. The summed E-state index contributed by atoms with van der Waals surface area (Å²) in [6.45, 7) is 0.303. The molecule has 0 saturated carbocycles. The normalized spacial score (nSPS) is 10.8. The maximum Gasteiger partial charge on any atom is 0.182 e. The Morgan fingerprint density at radius 1 is 1.16 bits per heavy atom. The number of ketones is 1. The summed E-state index contributed by atoms with van der Waals surface area (Å²) in [5, 5.41) is 0. The first-order valence-electron chi connectivity index (χ1n) is 5.93. The van der Waals surface area contributed by atoms with E-state index in [-0.39, 0.29) is 5.78 Å². The monoisotopic (exact) mass is 314 g/mol. The van der Waals surface area contributed by atoms with E-state index in [4.69, 9.17) is 0 Å². The number of carbonyl (C=O) groups is 1. The summed E-state index contributed by atoms with van der Waals surface area (Å²) in [5.41, 5.74) is 2.59. The zero-order valence-corrected chi connectivity index (χ0v) is 11.7. The number of rotatable bonds is 3. The molecule has 0 atom stereocenters. The van der Waals surface area contributed by atoms with Crippen molar-refractivity contribution >= 4 is 32.7 Å². The largest absolute Gasteiger partial charge is 0.323 e. The fraction of sp³-hybridized carbons (Fsp3) is 0.0667. The number of carbonyl (C=O) groups excluding carboxylic acids is 1. The third-order valence-electron chi connectivity index (χ3n) is 2.99. The van der Waals surface area contributed by atoms with Gasteiger partial charge in [-0.3, -0.25) is 4.79 Å². The first-order valence-corrected chi connectivity index (χ1v) is 6.72. The smallest absolute Gasteiger partial charge is 0.182 e. The Morgan fingerprint density at radius 2 is 2.00 bits per heavy atom. The molecule has 2 aromatic carbocycles. The molecule has 3 nitrogen and oxygen atoms in total. The lowest BCUT2D eigenvalue weighted by atomic mass is 10.1. The summed E-state index contributed by atoms with van der Waals surface area (Å²) in [4.78, 5) is 16.5. The van der Waals surface area contributed by atoms with Crippen LogP contribution >= 0.6 is 15.9 Å². The zero-order chi connectivity index (χ0) is 13.2. The Kier molecular flexibility index (Phi) is 3.17. The van der Waals surface area contributed by atoms with Crippen LogP contribution in [0, 0.1) is 0 Å². The molecular formula is C15H11BrN2O. The molecule has 0 fully saturated rings. The zero-order valence-electron chi connectivity index (χ0n) is 10.1. The maximum atomic E-state index is 12.2. The van der Waals surface area contributed by atoms with Crippen molar-refractivity contribution in [1.82, 2.24) is 9.55 Å². The fourth-order valence-corrected chi connectivity index (χ4v) is 2.44. The Hall–Kier alpha value is -1.94. The molecule has 1 aromatic heterocycles. The first kappa shape index (κ1) is 12.1. The van der Waals surface area contributed by atoms with Gasteiger partial charge < -0.3 is 4.57 Å². The Morgan fingerprint density at radius 3 is 2.84 bits per heavy atom. The van der Waals surface area contributed by atoms with Gasteiger partial charge in [0.05, 0.1) is 23.9 Å². The maximum absolute atomic E-state index is 12.2. The van der Waals surface area contributed by atoms with E-state index in [0.717, 1.165) is 15.5 Å². The average Bonchev–Trinajstić information content (AvgIpc) is 2.82. The van der Waals surface area contributed by atoms with Crippen molar-refractivity contribution in [3.8, 4) is 0 Å². The molecular weight excluding hydrogens is 304 g/mol. The van der Waals surface area contributed by atoms with E-state index in [1.54, 1.807) is 6.33 Å². The van der Waals surface area contributed by atoms with Crippen molar-refractivity contribution in [1.29, 1.82) is 0 Å². The molecule has 0 radical (unpaired) electrons. The fourth-order valence-electron chi connectivity index (χ4n) is 2.04. The minimum atomic E-state index is 0.0736. The lowest BCUT2D eigenvalue weighted by Gasteiger charge is -2.04. The summed E-state index contributed by atoms with van der Waals surface area (Å²) in [5.74, 6) is 0.0736. The van der Waals surface area contributed by atoms with Crippen molar-refractivity contribution in [3.63, 3.8) is 0 Å². The number of Topliss-reactive ketones (excluding diaryl/α,β-unsaturated/α-hetero) is 1. The van der Waals surface area contributed by atoms with E-state index < -0.39 is 0 Å². The summed E-state index contributed by atoms with van der Waals surface area (Å²) in [6, 6.07) is 15.2. The molecule has 3 rings (SSSR count). The van der Waals surface area contributed by atoms with Gasteiger partial charge in [-0.2, -0.15) is 0 Å². The molecule has 0 spiro atoms. The third-order valence-corrected chi connectivity index (χ3v) is 3.48. The lowest BCUT2D eigenvalue weighted by Crippen LogP contribution is -2.09. The Balaban J connectivity index is 1.91. The molecule has 0 aliphatic rings. The Bertz CT molecular complexity index is 748. The van der Waals surface area contributed by atoms with E-state index in [2.05, 4.69) is 20.9 Å². The summed E-state index contributed by atoms with van der Waals surface area (Å²) in [6.07, 6.45) is 1.71. The third kappa shape index (κ3) is 2.44. The van der Waals surface area contributed by atoms with Crippen LogP contribution < -0.4 is 0 Å². The molecule has 0 bridgehead atoms. The van der Waals surface area contributed by atoms with Crippen LogP contribution in [0.15, 0.2) is 59.3 Å². The highest BCUT2D eigenvalue weighted by Gasteiger charge is 2.09. The molecule has 0 amide bonds. The summed E-state index contributed by atoms with van der Waals surface area (Å²) >= 11 is 3.38. The molecule has 0 aliphatic carbocycles. The van der Waals surface area contributed by atoms with Gasteiger partial charge in [0.2, 0.25) is 0 Å². The van der Waals surface area contributed by atoms with Crippen molar-refractivity contribution in [2.24, 2.45) is 0 Å². The van der Waals surface area contributed by atoms with Crippen LogP contribution in [0.5, 0.6) is 0 Å². The van der Waals surface area contributed by atoms with Crippen LogP contribution in [0.3, 0.4) is 0 Å². The highest BCUT2D eigenvalue weighted by Crippen LogP contribution is 2.15. The SMILES string of the molecule is O=C(Cn1cnc2ccccc21)c1cccc(Br)c1. The average molecular weight is 315 g/mol. The van der Waals surface area contributed by atoms with Gasteiger partial charge in [-0.05, 0) is 24.3 Å². The van der Waals surface area contributed by atoms with E-state index >= 15 is 0 Å². The van der Waals surface area contributed by atoms with E-state index in [1.807, 2.05) is 53.1 Å². The molecule has 94 valence electrons. The van der Waals surface area contributed by atoms with E-state index in [1.165, 1.54) is 0 Å². The molecule has 0 N–H and O–H groups in total. The predicted octanol–water partition coefficient (Wildman–Crippen LogP) is 3.68. The highest BCUT2D eigenvalue weighted by molar-refractivity contribution is 9.10. The number of fused-ring (bicyclic) bond motifs is 1. The van der Waals surface area contributed by atoms with Gasteiger partial charge in [0.1, 0.15) is 0 Å². The van der Waals surface area contributed by atoms with E-state index in [0.29, 0.717) is 12.1 Å². The van der Waals surface area contributed by atoms with E-state index in [9.17, 15) is 4.79 Å². The van der Waals surface area contributed by atoms with Crippen molar-refractivity contribution in [3.05, 3.63) is 64.9 Å². The van der Waals surface area contributed by atoms with Crippen molar-refractivity contribution in [2.45, 2.75) is 6.54 Å². The minimum absolute atomic E-state index is 0.0736. The second kappa shape index (κ2) is 4.97. The van der Waals surface area contributed by atoms with Crippen LogP contribution in [0.2, 0.25) is 0 Å². The quantitative estimate of drug-likeness (QED) is 0.691. The summed E-state index contributed by atoms with van der Waals surface area (Å²) < 4.78 is 2.78. The molecule has 0 unspecified atom stereocenters. The molecule has 0 aliphatic heterocycles. The number of halogens is 1. The van der Waals surface area contributed by atoms with Crippen molar-refractivity contribution in [2.75, 3.05) is 0 Å². The van der Waals surface area contributed by atoms with Gasteiger partial charge in [0.25, 0.3) is 0 Å². The molecule has 1 heterocycles. The number of benzene rings is 2. The summed E-state index contributed by atoms with van der Waals surface area (Å²) in [7, 11) is 0. The van der Waals surface area contributed by atoms with Gasteiger partial charge in [-0.25, -0.2) is 4.98 Å². The molecule has 19 heavy (non-hydrogen) atoms. The van der Waals surface area contributed by atoms with Crippen LogP contribution in [0.25, 0.3) is 11.0 Å². The standard InChI is InChI=1S/C15H11BrN2O/c16-12-5-3-4-11(8-12)15(19)9-18-10-17-13-6-1-2-7-14(13)18/h1-8,10H,9H2. The van der Waals surface area contributed by atoms with Gasteiger partial charge in [-0.1, -0.05) is 40.2 Å². The van der Waals surface area contributed by atoms with Gasteiger partial charge in [0.15, 0.2) is 5.78 Å². The lowest BCUT2D eigenvalue weighted by molar-refractivity contribution is 0.0973. The number of hydrogen-bond donors (Lipinski definition) is 0. The Labute approximate surface area is 119 Å². The van der Waals surface area contributed by atoms with Crippen LogP contribution in [-0.2, 0) is 6.54 Å². The number of imidazole rings is 1. The highest BCUT2D eigenvalue weighted by atomic mass is 79.9. The predicted molar refractivity (Wildman–Crippen MR) is 78.2 cm³/mol. The minimum Gasteiger partial charge on any atom is -0.323 e. The van der Waals surface area contributed by atoms with Crippen LogP contribution in [0.1, 0.15) is 10.4 Å². The van der Waals surface area contributed by atoms with Crippen molar-refractivity contribution < 1.29 is 4.79 Å². The number of aromatic nitrogens is 2. The van der Waals surface area contributed by atoms with Crippen LogP contribution in [-0.4, -0.2) is 15.3 Å². The second-order valence-corrected chi connectivity index (χ2v) is 5.21. The van der Waals surface area contributed by atoms with Crippen LogP contribution in [0.4, 0.5) is 0 Å². The molecule has 3 aromatic rings. The molecule has 0 saturated heterocycles. The van der Waals surface area contributed by atoms with Gasteiger partial charge >= 0.3 is 0 Å². The molecule has 4 heteroatoms. The number of para-hydroxylation sites is 2. The second-order valence-electron chi connectivity index (χ2n) is 4.29.